The summed E-state index contributed by atoms with van der Waals surface area (Å²) in [4.78, 5) is 28.5. The minimum absolute atomic E-state index is 0.0241. The molecule has 7 aromatic carbocycles. The SMILES string of the molecule is CCCCCCCCCCOc1ccc2c(c1OCCCCCCCCCC)-c1ccc3c4ccc5c6c(ccc(c7ccc(c1c73)C2=O)c64)C(=O)c1ccccc1-5. The minimum Gasteiger partial charge on any atom is -0.490 e. The first-order chi connectivity index (χ1) is 28.6. The smallest absolute Gasteiger partial charge is 0.194 e. The Morgan fingerprint density at radius 3 is 1.36 bits per heavy atom. The summed E-state index contributed by atoms with van der Waals surface area (Å²) >= 11 is 0. The lowest BCUT2D eigenvalue weighted by Gasteiger charge is -2.27. The predicted octanol–water partition coefficient (Wildman–Crippen LogP) is 15.2. The maximum Gasteiger partial charge on any atom is 0.194 e. The van der Waals surface area contributed by atoms with E-state index in [2.05, 4.69) is 56.3 Å². The van der Waals surface area contributed by atoms with Crippen LogP contribution >= 0.6 is 0 Å². The van der Waals surface area contributed by atoms with Crippen molar-refractivity contribution in [1.82, 2.24) is 0 Å². The Hall–Kier alpha value is -5.22. The van der Waals surface area contributed by atoms with Crippen molar-refractivity contribution < 1.29 is 19.1 Å². The lowest BCUT2D eigenvalue weighted by atomic mass is 9.76. The molecule has 9 rings (SSSR count). The molecule has 0 saturated heterocycles. The van der Waals surface area contributed by atoms with Gasteiger partial charge in [-0.1, -0.05) is 164 Å². The normalized spacial score (nSPS) is 12.9. The van der Waals surface area contributed by atoms with E-state index in [0.29, 0.717) is 24.5 Å². The number of hydrogen-bond donors (Lipinski definition) is 0. The fraction of sp³-hybridized carbons (Fsp3) is 0.370. The van der Waals surface area contributed by atoms with Gasteiger partial charge >= 0.3 is 0 Å². The van der Waals surface area contributed by atoms with E-state index in [1.807, 2.05) is 42.5 Å². The van der Waals surface area contributed by atoms with Gasteiger partial charge in [0.15, 0.2) is 23.1 Å². The highest BCUT2D eigenvalue weighted by Crippen LogP contribution is 2.53. The van der Waals surface area contributed by atoms with Gasteiger partial charge < -0.3 is 9.47 Å². The highest BCUT2D eigenvalue weighted by Gasteiger charge is 2.33. The summed E-state index contributed by atoms with van der Waals surface area (Å²) in [6.07, 6.45) is 19.7. The Kier molecular flexibility index (Phi) is 11.2. The third kappa shape index (κ3) is 6.73. The van der Waals surface area contributed by atoms with Crippen molar-refractivity contribution in [3.8, 4) is 33.8 Å². The largest absolute Gasteiger partial charge is 0.490 e. The monoisotopic (exact) mass is 768 g/mol. The van der Waals surface area contributed by atoms with E-state index >= 15 is 0 Å². The lowest BCUT2D eigenvalue weighted by Crippen LogP contribution is -2.13. The zero-order valence-corrected chi connectivity index (χ0v) is 34.4. The Balaban J connectivity index is 1.10. The van der Waals surface area contributed by atoms with Crippen molar-refractivity contribution >= 4 is 54.7 Å². The van der Waals surface area contributed by atoms with E-state index in [9.17, 15) is 9.59 Å². The first-order valence-corrected chi connectivity index (χ1v) is 22.4. The van der Waals surface area contributed by atoms with E-state index in [4.69, 9.17) is 9.47 Å². The van der Waals surface area contributed by atoms with E-state index < -0.39 is 0 Å². The molecule has 0 fully saturated rings. The molecule has 0 aromatic heterocycles. The zero-order chi connectivity index (χ0) is 39.6. The number of ether oxygens (including phenoxy) is 2. The number of unbranched alkanes of at least 4 members (excludes halogenated alkanes) is 14. The highest BCUT2D eigenvalue weighted by atomic mass is 16.5. The van der Waals surface area contributed by atoms with Gasteiger partial charge in [-0.25, -0.2) is 0 Å². The number of benzene rings is 7. The van der Waals surface area contributed by atoms with Crippen LogP contribution in [0.4, 0.5) is 0 Å². The van der Waals surface area contributed by atoms with Gasteiger partial charge in [-0.3, -0.25) is 9.59 Å². The molecule has 2 aliphatic rings. The van der Waals surface area contributed by atoms with Crippen molar-refractivity contribution in [2.75, 3.05) is 13.2 Å². The average molecular weight is 769 g/mol. The lowest BCUT2D eigenvalue weighted by molar-refractivity contribution is 0.103. The second-order valence-corrected chi connectivity index (χ2v) is 16.8. The van der Waals surface area contributed by atoms with Crippen LogP contribution < -0.4 is 9.47 Å². The van der Waals surface area contributed by atoms with E-state index in [1.165, 1.54) is 77.0 Å². The number of carbonyl (C=O) groups excluding carboxylic acids is 2. The quantitative estimate of drug-likeness (QED) is 0.0440. The molecule has 0 atom stereocenters. The topological polar surface area (TPSA) is 52.6 Å². The van der Waals surface area contributed by atoms with Crippen LogP contribution in [-0.2, 0) is 0 Å². The predicted molar refractivity (Wildman–Crippen MR) is 242 cm³/mol. The van der Waals surface area contributed by atoms with Gasteiger partial charge in [-0.15, -0.1) is 0 Å². The number of rotatable bonds is 20. The van der Waals surface area contributed by atoms with Gasteiger partial charge in [-0.05, 0) is 86.1 Å². The molecule has 0 amide bonds. The average Bonchev–Trinajstić information content (AvgIpc) is 3.25. The molecule has 7 aromatic rings. The van der Waals surface area contributed by atoms with Crippen molar-refractivity contribution in [1.29, 1.82) is 0 Å². The maximum atomic E-state index is 14.6. The van der Waals surface area contributed by atoms with Crippen molar-refractivity contribution in [2.24, 2.45) is 0 Å². The fourth-order valence-electron chi connectivity index (χ4n) is 10.0. The molecular formula is C54H56O4. The molecule has 0 N–H and O–H groups in total. The van der Waals surface area contributed by atoms with Gasteiger partial charge in [0.05, 0.1) is 13.2 Å². The summed E-state index contributed by atoms with van der Waals surface area (Å²) in [5.74, 6) is 1.53. The Morgan fingerprint density at radius 2 is 0.793 bits per heavy atom. The highest BCUT2D eigenvalue weighted by molar-refractivity contribution is 6.41. The molecule has 296 valence electrons. The molecule has 4 nitrogen and oxygen atoms in total. The first-order valence-electron chi connectivity index (χ1n) is 22.4. The summed E-state index contributed by atoms with van der Waals surface area (Å²) in [5, 5.41) is 8.60. The van der Waals surface area contributed by atoms with E-state index in [1.54, 1.807) is 0 Å². The summed E-state index contributed by atoms with van der Waals surface area (Å²) in [5.41, 5.74) is 6.87. The van der Waals surface area contributed by atoms with Gasteiger partial charge in [0.2, 0.25) is 0 Å². The second-order valence-electron chi connectivity index (χ2n) is 16.8. The van der Waals surface area contributed by atoms with Gasteiger partial charge in [0.25, 0.3) is 0 Å². The van der Waals surface area contributed by atoms with Crippen LogP contribution in [0.15, 0.2) is 84.9 Å². The standard InChI is InChI=1S/C54H56O4/c1-3-5-7-9-11-13-15-19-33-57-46-32-31-45-51(54(46)58-34-20-16-14-12-10-8-6-4-2)42-28-25-38-37-24-23-36-35-21-17-18-22-41(35)52(55)43-29-26-39(47(37)49(36)43)40-27-30-44(53(45)56)50(42)48(38)40/h17-18,21-32H,3-16,19-20,33-34H2,1-2H3. The third-order valence-electron chi connectivity index (χ3n) is 13.0. The summed E-state index contributed by atoms with van der Waals surface area (Å²) < 4.78 is 13.4. The Bertz CT molecular complexity index is 2630. The van der Waals surface area contributed by atoms with Crippen LogP contribution in [0.2, 0.25) is 0 Å². The molecule has 0 spiro atoms. The maximum absolute atomic E-state index is 14.6. The Labute approximate surface area is 343 Å². The Morgan fingerprint density at radius 1 is 0.362 bits per heavy atom. The summed E-state index contributed by atoms with van der Waals surface area (Å²) in [6.45, 7) is 5.74. The molecule has 0 unspecified atom stereocenters. The van der Waals surface area contributed by atoms with Crippen LogP contribution in [0.5, 0.6) is 11.5 Å². The molecule has 4 heteroatoms. The molecule has 0 bridgehead atoms. The van der Waals surface area contributed by atoms with Gasteiger partial charge in [0, 0.05) is 38.6 Å². The minimum atomic E-state index is 0.0241. The molecule has 0 aliphatic heterocycles. The van der Waals surface area contributed by atoms with Crippen LogP contribution in [0.3, 0.4) is 0 Å². The summed E-state index contributed by atoms with van der Waals surface area (Å²) in [6, 6.07) is 29.0. The molecule has 0 radical (unpaired) electrons. The van der Waals surface area contributed by atoms with Gasteiger partial charge in [-0.2, -0.15) is 0 Å². The first kappa shape index (κ1) is 38.3. The third-order valence-corrected chi connectivity index (χ3v) is 13.0. The molecular weight excluding hydrogens is 713 g/mol. The number of fused-ring (bicyclic) bond motifs is 6. The number of carbonyl (C=O) groups is 2. The molecule has 0 heterocycles. The van der Waals surface area contributed by atoms with Crippen molar-refractivity contribution in [3.05, 3.63) is 107 Å². The van der Waals surface area contributed by atoms with Crippen LogP contribution in [0.1, 0.15) is 148 Å². The second kappa shape index (κ2) is 16.9. The molecule has 2 aliphatic carbocycles. The van der Waals surface area contributed by atoms with Crippen LogP contribution in [-0.4, -0.2) is 24.8 Å². The summed E-state index contributed by atoms with van der Waals surface area (Å²) in [7, 11) is 0. The number of ketones is 2. The zero-order valence-electron chi connectivity index (χ0n) is 34.4. The van der Waals surface area contributed by atoms with Crippen molar-refractivity contribution in [2.45, 2.75) is 117 Å². The van der Waals surface area contributed by atoms with E-state index in [-0.39, 0.29) is 11.6 Å². The van der Waals surface area contributed by atoms with Crippen LogP contribution in [0, 0.1) is 0 Å². The molecule has 0 saturated carbocycles. The fourth-order valence-corrected chi connectivity index (χ4v) is 10.0. The van der Waals surface area contributed by atoms with Crippen molar-refractivity contribution in [3.63, 3.8) is 0 Å². The van der Waals surface area contributed by atoms with Crippen LogP contribution in [0.25, 0.3) is 65.3 Å². The number of hydrogen-bond acceptors (Lipinski definition) is 4. The van der Waals surface area contributed by atoms with Gasteiger partial charge in [0.1, 0.15) is 0 Å². The molecule has 58 heavy (non-hydrogen) atoms. The van der Waals surface area contributed by atoms with E-state index in [0.717, 1.165) is 113 Å².